The van der Waals surface area contributed by atoms with Gasteiger partial charge in [-0.15, -0.1) is 0 Å². The lowest BCUT2D eigenvalue weighted by atomic mass is 10.2. The molecule has 22 heavy (non-hydrogen) atoms. The fourth-order valence-electron chi connectivity index (χ4n) is 2.28. The largest absolute Gasteiger partial charge is 0.491 e. The second-order valence-electron chi connectivity index (χ2n) is 5.77. The second kappa shape index (κ2) is 6.48. The number of thiazole rings is 1. The molecule has 0 spiro atoms. The third-order valence-corrected chi connectivity index (χ3v) is 4.27. The molecule has 0 unspecified atom stereocenters. The number of nitrogens with zero attached hydrogens (tertiary/aromatic N) is 2. The van der Waals surface area contributed by atoms with E-state index in [4.69, 9.17) is 9.72 Å². The Hall–Kier alpha value is -1.88. The molecule has 0 bridgehead atoms. The summed E-state index contributed by atoms with van der Waals surface area (Å²) in [6.07, 6.45) is 2.89. The number of fused-ring (bicyclic) bond motifs is 3. The normalized spacial score (nSPS) is 11.5. The number of hydrogen-bond donors (Lipinski definition) is 1. The highest BCUT2D eigenvalue weighted by atomic mass is 32.1. The average molecular weight is 315 g/mol. The molecule has 0 amide bonds. The summed E-state index contributed by atoms with van der Waals surface area (Å²) in [5, 5.41) is 5.38. The van der Waals surface area contributed by atoms with Crippen LogP contribution in [0.25, 0.3) is 21.1 Å². The van der Waals surface area contributed by atoms with Gasteiger partial charge in [0.2, 0.25) is 0 Å². The Balaban J connectivity index is 2.09. The van der Waals surface area contributed by atoms with Crippen molar-refractivity contribution < 1.29 is 4.74 Å². The summed E-state index contributed by atoms with van der Waals surface area (Å²) in [5.41, 5.74) is 1.89. The molecule has 3 aromatic rings. The molecule has 2 aromatic heterocycles. The molecule has 0 aliphatic carbocycles. The quantitative estimate of drug-likeness (QED) is 0.716. The van der Waals surface area contributed by atoms with Gasteiger partial charge in [-0.1, -0.05) is 32.1 Å². The number of aromatic nitrogens is 2. The molecule has 5 heteroatoms. The molecule has 1 N–H and O–H groups in total. The van der Waals surface area contributed by atoms with E-state index in [-0.39, 0.29) is 0 Å². The van der Waals surface area contributed by atoms with Crippen LogP contribution in [0, 0.1) is 5.92 Å². The van der Waals surface area contributed by atoms with Crippen LogP contribution in [0.3, 0.4) is 0 Å². The van der Waals surface area contributed by atoms with Gasteiger partial charge >= 0.3 is 0 Å². The van der Waals surface area contributed by atoms with Crippen LogP contribution in [-0.4, -0.2) is 23.1 Å². The highest BCUT2D eigenvalue weighted by Crippen LogP contribution is 2.36. The van der Waals surface area contributed by atoms with Crippen LogP contribution in [0.15, 0.2) is 24.4 Å². The van der Waals surface area contributed by atoms with Gasteiger partial charge in [0.05, 0.1) is 16.8 Å². The van der Waals surface area contributed by atoms with Crippen molar-refractivity contribution in [1.29, 1.82) is 0 Å². The summed E-state index contributed by atoms with van der Waals surface area (Å²) in [4.78, 5) is 9.23. The van der Waals surface area contributed by atoms with Crippen LogP contribution in [0.1, 0.15) is 27.2 Å². The van der Waals surface area contributed by atoms with E-state index in [0.29, 0.717) is 12.5 Å². The number of rotatable bonds is 6. The standard InChI is InChI=1S/C17H21N3OS/c1-4-7-19-17-20-16-12-6-5-8-18-15(12)13(9-14(16)22-17)21-10-11(2)3/h5-6,8-9,11H,4,7,10H2,1-3H3,(H,19,20). The number of nitrogens with one attached hydrogen (secondary N) is 1. The van der Waals surface area contributed by atoms with E-state index in [1.165, 1.54) is 0 Å². The van der Waals surface area contributed by atoms with Crippen molar-refractivity contribution in [2.24, 2.45) is 5.92 Å². The first-order valence-electron chi connectivity index (χ1n) is 7.74. The Morgan fingerprint density at radius 2 is 2.18 bits per heavy atom. The summed E-state index contributed by atoms with van der Waals surface area (Å²) in [5.74, 6) is 1.33. The van der Waals surface area contributed by atoms with Gasteiger partial charge in [0.15, 0.2) is 5.13 Å². The molecular formula is C17H21N3OS. The minimum absolute atomic E-state index is 0.484. The van der Waals surface area contributed by atoms with Crippen molar-refractivity contribution >= 4 is 37.6 Å². The van der Waals surface area contributed by atoms with Crippen molar-refractivity contribution in [3.8, 4) is 5.75 Å². The molecule has 0 aliphatic rings. The zero-order chi connectivity index (χ0) is 15.5. The van der Waals surface area contributed by atoms with Gasteiger partial charge in [-0.2, -0.15) is 0 Å². The van der Waals surface area contributed by atoms with E-state index in [1.54, 1.807) is 17.5 Å². The summed E-state index contributed by atoms with van der Waals surface area (Å²) in [6.45, 7) is 8.07. The fourth-order valence-corrected chi connectivity index (χ4v) is 3.21. The summed E-state index contributed by atoms with van der Waals surface area (Å²) in [6, 6.07) is 6.09. The Morgan fingerprint density at radius 1 is 1.32 bits per heavy atom. The molecule has 3 rings (SSSR count). The van der Waals surface area contributed by atoms with Crippen molar-refractivity contribution in [2.45, 2.75) is 27.2 Å². The maximum atomic E-state index is 5.98. The van der Waals surface area contributed by atoms with Crippen LogP contribution >= 0.6 is 11.3 Å². The van der Waals surface area contributed by atoms with Crippen molar-refractivity contribution in [3.05, 3.63) is 24.4 Å². The van der Waals surface area contributed by atoms with E-state index in [0.717, 1.165) is 45.0 Å². The van der Waals surface area contributed by atoms with Crippen LogP contribution in [0.4, 0.5) is 5.13 Å². The topological polar surface area (TPSA) is 47.0 Å². The monoisotopic (exact) mass is 315 g/mol. The minimum Gasteiger partial charge on any atom is -0.491 e. The smallest absolute Gasteiger partial charge is 0.183 e. The first-order valence-corrected chi connectivity index (χ1v) is 8.55. The highest BCUT2D eigenvalue weighted by molar-refractivity contribution is 7.22. The molecule has 0 fully saturated rings. The fraction of sp³-hybridized carbons (Fsp3) is 0.412. The van der Waals surface area contributed by atoms with Gasteiger partial charge < -0.3 is 10.1 Å². The molecular weight excluding hydrogens is 294 g/mol. The number of pyridine rings is 1. The van der Waals surface area contributed by atoms with E-state index < -0.39 is 0 Å². The van der Waals surface area contributed by atoms with E-state index >= 15 is 0 Å². The van der Waals surface area contributed by atoms with Gasteiger partial charge in [0, 0.05) is 24.2 Å². The van der Waals surface area contributed by atoms with Crippen molar-refractivity contribution in [3.63, 3.8) is 0 Å². The highest BCUT2D eigenvalue weighted by Gasteiger charge is 2.13. The summed E-state index contributed by atoms with van der Waals surface area (Å²) < 4.78 is 7.11. The zero-order valence-corrected chi connectivity index (χ0v) is 14.0. The van der Waals surface area contributed by atoms with Gasteiger partial charge in [-0.05, 0) is 24.5 Å². The molecule has 0 saturated carbocycles. The third kappa shape index (κ3) is 2.99. The molecule has 0 saturated heterocycles. The van der Waals surface area contributed by atoms with Gasteiger partial charge in [-0.3, -0.25) is 4.98 Å². The Kier molecular flexibility index (Phi) is 4.43. The number of benzene rings is 1. The molecule has 2 heterocycles. The van der Waals surface area contributed by atoms with Crippen molar-refractivity contribution in [2.75, 3.05) is 18.5 Å². The zero-order valence-electron chi connectivity index (χ0n) is 13.2. The maximum absolute atomic E-state index is 5.98. The maximum Gasteiger partial charge on any atom is 0.183 e. The average Bonchev–Trinajstić information content (AvgIpc) is 2.93. The van der Waals surface area contributed by atoms with Gasteiger partial charge in [0.1, 0.15) is 11.3 Å². The molecule has 0 atom stereocenters. The van der Waals surface area contributed by atoms with Crippen LogP contribution < -0.4 is 10.1 Å². The second-order valence-corrected chi connectivity index (χ2v) is 6.80. The van der Waals surface area contributed by atoms with Crippen LogP contribution in [-0.2, 0) is 0 Å². The SMILES string of the molecule is CCCNc1nc2c(cc(OCC(C)C)c3ncccc32)s1. The minimum atomic E-state index is 0.484. The van der Waals surface area contributed by atoms with Crippen LogP contribution in [0.2, 0.25) is 0 Å². The Morgan fingerprint density at radius 3 is 2.95 bits per heavy atom. The lowest BCUT2D eigenvalue weighted by Gasteiger charge is -2.10. The van der Waals surface area contributed by atoms with E-state index in [9.17, 15) is 0 Å². The number of hydrogen-bond acceptors (Lipinski definition) is 5. The van der Waals surface area contributed by atoms with E-state index in [1.807, 2.05) is 6.07 Å². The predicted molar refractivity (Wildman–Crippen MR) is 94.0 cm³/mol. The van der Waals surface area contributed by atoms with E-state index in [2.05, 4.69) is 43.2 Å². The van der Waals surface area contributed by atoms with Crippen LogP contribution in [0.5, 0.6) is 5.75 Å². The Labute approximate surface area is 134 Å². The number of anilines is 1. The van der Waals surface area contributed by atoms with Gasteiger partial charge in [0.25, 0.3) is 0 Å². The molecule has 0 aliphatic heterocycles. The lowest BCUT2D eigenvalue weighted by Crippen LogP contribution is -2.05. The summed E-state index contributed by atoms with van der Waals surface area (Å²) >= 11 is 1.67. The molecule has 116 valence electrons. The molecule has 1 aromatic carbocycles. The third-order valence-electron chi connectivity index (χ3n) is 3.31. The molecule has 0 radical (unpaired) electrons. The predicted octanol–water partition coefficient (Wildman–Crippen LogP) is 4.70. The lowest BCUT2D eigenvalue weighted by molar-refractivity contribution is 0.274. The first kappa shape index (κ1) is 15.0. The van der Waals surface area contributed by atoms with Crippen molar-refractivity contribution in [1.82, 2.24) is 9.97 Å². The van der Waals surface area contributed by atoms with Gasteiger partial charge in [-0.25, -0.2) is 4.98 Å². The number of ether oxygens (including phenoxy) is 1. The summed E-state index contributed by atoms with van der Waals surface area (Å²) in [7, 11) is 0. The molecule has 4 nitrogen and oxygen atoms in total. The Bertz CT molecular complexity index is 782. The first-order chi connectivity index (χ1) is 10.7.